The zero-order valence-corrected chi connectivity index (χ0v) is 11.6. The fourth-order valence-corrected chi connectivity index (χ4v) is 2.06. The van der Waals surface area contributed by atoms with E-state index in [1.54, 1.807) is 0 Å². The van der Waals surface area contributed by atoms with Gasteiger partial charge in [0.25, 0.3) is 0 Å². The molecule has 0 aliphatic heterocycles. The summed E-state index contributed by atoms with van der Waals surface area (Å²) in [4.78, 5) is 0. The molecule has 5 heteroatoms. The predicted molar refractivity (Wildman–Crippen MR) is 72.0 cm³/mol. The van der Waals surface area contributed by atoms with Gasteiger partial charge in [-0.1, -0.05) is 24.3 Å². The summed E-state index contributed by atoms with van der Waals surface area (Å²) in [5.41, 5.74) is -0.363. The first-order valence-electron chi connectivity index (χ1n) is 6.38. The molecule has 0 heterocycles. The maximum atomic E-state index is 14.1. The number of hydrogen-bond donors (Lipinski definition) is 0. The minimum absolute atomic E-state index is 0.105. The van der Waals surface area contributed by atoms with E-state index < -0.39 is 23.3 Å². The van der Waals surface area contributed by atoms with Gasteiger partial charge in [-0.25, -0.2) is 17.6 Å². The van der Waals surface area contributed by atoms with Crippen molar-refractivity contribution in [2.24, 2.45) is 0 Å². The number of ether oxygens (including phenoxy) is 1. The molecule has 0 amide bonds. The van der Waals surface area contributed by atoms with Crippen molar-refractivity contribution in [2.45, 2.75) is 13.3 Å². The first-order valence-corrected chi connectivity index (χ1v) is 6.38. The minimum atomic E-state index is -1.19. The van der Waals surface area contributed by atoms with Gasteiger partial charge in [-0.2, -0.15) is 0 Å². The number of aryl methyl sites for hydroxylation is 1. The third kappa shape index (κ3) is 2.93. The van der Waals surface area contributed by atoms with Gasteiger partial charge in [0.1, 0.15) is 0 Å². The van der Waals surface area contributed by atoms with E-state index in [9.17, 15) is 17.6 Å². The molecule has 0 bridgehead atoms. The van der Waals surface area contributed by atoms with E-state index in [2.05, 4.69) is 0 Å². The summed E-state index contributed by atoms with van der Waals surface area (Å²) in [6.07, 6.45) is 0.199. The average molecular weight is 298 g/mol. The standard InChI is InChI=1S/C16H14F4O/c1-9-3-5-11(15(19)13(9)17)12-6-4-10(7-8-21-2)14(18)16(12)20/h3-6H,7-8H2,1-2H3. The molecule has 21 heavy (non-hydrogen) atoms. The van der Waals surface area contributed by atoms with Gasteiger partial charge < -0.3 is 4.74 Å². The summed E-state index contributed by atoms with van der Waals surface area (Å²) in [6.45, 7) is 1.64. The van der Waals surface area contributed by atoms with E-state index in [1.807, 2.05) is 0 Å². The normalized spacial score (nSPS) is 11.0. The summed E-state index contributed by atoms with van der Waals surface area (Å²) in [6, 6.07) is 5.16. The number of methoxy groups -OCH3 is 1. The van der Waals surface area contributed by atoms with Crippen LogP contribution in [0.25, 0.3) is 11.1 Å². The van der Waals surface area contributed by atoms with Crippen molar-refractivity contribution >= 4 is 0 Å². The SMILES string of the molecule is COCCc1ccc(-c2ccc(C)c(F)c2F)c(F)c1F. The molecular weight excluding hydrogens is 284 g/mol. The predicted octanol–water partition coefficient (Wildman–Crippen LogP) is 4.41. The van der Waals surface area contributed by atoms with Crippen LogP contribution in [-0.4, -0.2) is 13.7 Å². The van der Waals surface area contributed by atoms with Crippen LogP contribution in [0, 0.1) is 30.2 Å². The van der Waals surface area contributed by atoms with Gasteiger partial charge in [-0.15, -0.1) is 0 Å². The van der Waals surface area contributed by atoms with Crippen LogP contribution >= 0.6 is 0 Å². The lowest BCUT2D eigenvalue weighted by Crippen LogP contribution is -2.02. The van der Waals surface area contributed by atoms with Gasteiger partial charge in [-0.3, -0.25) is 0 Å². The van der Waals surface area contributed by atoms with Crippen LogP contribution in [0.3, 0.4) is 0 Å². The van der Waals surface area contributed by atoms with Crippen LogP contribution < -0.4 is 0 Å². The summed E-state index contributed by atoms with van der Waals surface area (Å²) in [5.74, 6) is -4.50. The molecule has 0 unspecified atom stereocenters. The second-order valence-electron chi connectivity index (χ2n) is 4.70. The Morgan fingerprint density at radius 3 is 2.00 bits per heavy atom. The fourth-order valence-electron chi connectivity index (χ4n) is 2.06. The third-order valence-corrected chi connectivity index (χ3v) is 3.30. The molecule has 0 aliphatic rings. The molecule has 0 atom stereocenters. The number of halogens is 4. The quantitative estimate of drug-likeness (QED) is 0.760. The number of rotatable bonds is 4. The molecule has 0 saturated carbocycles. The third-order valence-electron chi connectivity index (χ3n) is 3.30. The topological polar surface area (TPSA) is 9.23 Å². The van der Waals surface area contributed by atoms with E-state index in [-0.39, 0.29) is 35.3 Å². The maximum Gasteiger partial charge on any atom is 0.167 e. The van der Waals surface area contributed by atoms with E-state index >= 15 is 0 Å². The molecule has 0 fully saturated rings. The lowest BCUT2D eigenvalue weighted by Gasteiger charge is -2.10. The average Bonchev–Trinajstić information content (AvgIpc) is 2.47. The highest BCUT2D eigenvalue weighted by Gasteiger charge is 2.19. The second-order valence-corrected chi connectivity index (χ2v) is 4.70. The van der Waals surface area contributed by atoms with Crippen molar-refractivity contribution in [3.63, 3.8) is 0 Å². The smallest absolute Gasteiger partial charge is 0.167 e. The van der Waals surface area contributed by atoms with Crippen molar-refractivity contribution in [2.75, 3.05) is 13.7 Å². The summed E-state index contributed by atoms with van der Waals surface area (Å²) in [7, 11) is 1.45. The Morgan fingerprint density at radius 1 is 0.810 bits per heavy atom. The minimum Gasteiger partial charge on any atom is -0.384 e. The monoisotopic (exact) mass is 298 g/mol. The number of benzene rings is 2. The van der Waals surface area contributed by atoms with E-state index in [1.165, 1.54) is 38.3 Å². The van der Waals surface area contributed by atoms with Crippen LogP contribution in [0.5, 0.6) is 0 Å². The van der Waals surface area contributed by atoms with Crippen molar-refractivity contribution < 1.29 is 22.3 Å². The maximum absolute atomic E-state index is 14.1. The molecule has 0 N–H and O–H groups in total. The van der Waals surface area contributed by atoms with Crippen LogP contribution in [-0.2, 0) is 11.2 Å². The lowest BCUT2D eigenvalue weighted by atomic mass is 9.99. The van der Waals surface area contributed by atoms with Gasteiger partial charge in [0.15, 0.2) is 23.3 Å². The van der Waals surface area contributed by atoms with E-state index in [0.29, 0.717) is 0 Å². The molecule has 0 radical (unpaired) electrons. The number of hydrogen-bond acceptors (Lipinski definition) is 1. The van der Waals surface area contributed by atoms with Gasteiger partial charge in [0.05, 0.1) is 6.61 Å². The van der Waals surface area contributed by atoms with Crippen molar-refractivity contribution in [3.05, 3.63) is 58.7 Å². The lowest BCUT2D eigenvalue weighted by molar-refractivity contribution is 0.201. The molecule has 2 rings (SSSR count). The highest BCUT2D eigenvalue weighted by molar-refractivity contribution is 5.66. The first kappa shape index (κ1) is 15.5. The van der Waals surface area contributed by atoms with Crippen molar-refractivity contribution in [1.29, 1.82) is 0 Å². The Labute approximate surface area is 120 Å². The Kier molecular flexibility index (Phi) is 4.63. The highest BCUT2D eigenvalue weighted by atomic mass is 19.2. The molecule has 2 aromatic carbocycles. The summed E-state index contributed by atoms with van der Waals surface area (Å²) >= 11 is 0. The Bertz CT molecular complexity index is 668. The molecule has 1 nitrogen and oxygen atoms in total. The largest absolute Gasteiger partial charge is 0.384 e. The van der Waals surface area contributed by atoms with Crippen LogP contribution in [0.4, 0.5) is 17.6 Å². The van der Waals surface area contributed by atoms with Gasteiger partial charge in [-0.05, 0) is 24.5 Å². The fraction of sp³-hybridized carbons (Fsp3) is 0.250. The molecule has 0 aliphatic carbocycles. The van der Waals surface area contributed by atoms with E-state index in [0.717, 1.165) is 0 Å². The zero-order chi connectivity index (χ0) is 15.6. The molecular formula is C16H14F4O. The first-order chi connectivity index (χ1) is 9.97. The van der Waals surface area contributed by atoms with Crippen LogP contribution in [0.2, 0.25) is 0 Å². The highest BCUT2D eigenvalue weighted by Crippen LogP contribution is 2.30. The molecule has 2 aromatic rings. The summed E-state index contributed by atoms with van der Waals surface area (Å²) < 4.78 is 60.2. The van der Waals surface area contributed by atoms with E-state index in [4.69, 9.17) is 4.74 Å². The van der Waals surface area contributed by atoms with Crippen LogP contribution in [0.1, 0.15) is 11.1 Å². The second kappa shape index (κ2) is 6.26. The Hall–Kier alpha value is -1.88. The molecule has 112 valence electrons. The Balaban J connectivity index is 2.51. The van der Waals surface area contributed by atoms with Gasteiger partial charge in [0.2, 0.25) is 0 Å². The zero-order valence-electron chi connectivity index (χ0n) is 11.6. The van der Waals surface area contributed by atoms with Crippen molar-refractivity contribution in [3.8, 4) is 11.1 Å². The van der Waals surface area contributed by atoms with Gasteiger partial charge >= 0.3 is 0 Å². The van der Waals surface area contributed by atoms with Gasteiger partial charge in [0, 0.05) is 18.2 Å². The summed E-state index contributed by atoms with van der Waals surface area (Å²) in [5, 5.41) is 0. The van der Waals surface area contributed by atoms with Crippen LogP contribution in [0.15, 0.2) is 24.3 Å². The van der Waals surface area contributed by atoms with Crippen molar-refractivity contribution in [1.82, 2.24) is 0 Å². The molecule has 0 spiro atoms. The molecule has 0 saturated heterocycles. The Morgan fingerprint density at radius 2 is 1.38 bits per heavy atom. The molecule has 0 aromatic heterocycles.